The monoisotopic (exact) mass is 856 g/mol. The maximum absolute atomic E-state index is 16.5. The molecule has 2 aromatic heterocycles. The second-order valence-corrected chi connectivity index (χ2v) is 16.3. The van der Waals surface area contributed by atoms with Gasteiger partial charge in [-0.15, -0.1) is 0 Å². The first kappa shape index (κ1) is 41.3. The van der Waals surface area contributed by atoms with Crippen LogP contribution in [0.3, 0.4) is 0 Å². The zero-order valence-corrected chi connectivity index (χ0v) is 34.9. The maximum atomic E-state index is 16.5. The first-order valence-corrected chi connectivity index (χ1v) is 21.0. The van der Waals surface area contributed by atoms with Crippen LogP contribution in [0.25, 0.3) is 44.5 Å². The minimum atomic E-state index is -3.30. The smallest absolute Gasteiger partial charge is 0.407 e. The predicted molar refractivity (Wildman–Crippen MR) is 229 cm³/mol. The number of aromatic nitrogens is 4. The molecule has 6 aromatic rings. The van der Waals surface area contributed by atoms with Gasteiger partial charge in [0.15, 0.2) is 0 Å². The number of likely N-dealkylation sites (tertiary alicyclic amines) is 1. The number of imidazole rings is 2. The van der Waals surface area contributed by atoms with Crippen LogP contribution < -0.4 is 10.6 Å². The summed E-state index contributed by atoms with van der Waals surface area (Å²) in [5, 5.41) is 5.14. The van der Waals surface area contributed by atoms with Crippen molar-refractivity contribution in [2.75, 3.05) is 27.3 Å². The van der Waals surface area contributed by atoms with Gasteiger partial charge in [0.25, 0.3) is 5.92 Å². The van der Waals surface area contributed by atoms with Crippen molar-refractivity contribution in [1.29, 1.82) is 0 Å². The van der Waals surface area contributed by atoms with Gasteiger partial charge in [-0.25, -0.2) is 19.6 Å². The minimum Gasteiger partial charge on any atom is -0.453 e. The first-order chi connectivity index (χ1) is 30.5. The number of methoxy groups -OCH3 is 2. The molecule has 3 aliphatic rings. The fourth-order valence-corrected chi connectivity index (χ4v) is 9.53. The number of H-pyrrole nitrogens is 2. The molecular weight excluding hydrogens is 811 g/mol. The number of ether oxygens (including phenoxy) is 2. The molecule has 4 N–H and O–H groups in total. The molecule has 4 atom stereocenters. The highest BCUT2D eigenvalue weighted by Crippen LogP contribution is 2.53. The molecular formula is C47H46F2N8O6. The number of hydrogen-bond acceptors (Lipinski definition) is 8. The van der Waals surface area contributed by atoms with Crippen LogP contribution in [0.4, 0.5) is 18.4 Å². The fourth-order valence-electron chi connectivity index (χ4n) is 9.53. The molecule has 1 saturated heterocycles. The number of benzene rings is 4. The van der Waals surface area contributed by atoms with Crippen molar-refractivity contribution < 1.29 is 37.4 Å². The summed E-state index contributed by atoms with van der Waals surface area (Å²) in [6.07, 6.45) is 3.52. The molecule has 0 radical (unpaired) electrons. The summed E-state index contributed by atoms with van der Waals surface area (Å²) in [7, 11) is 2.48. The predicted octanol–water partition coefficient (Wildman–Crippen LogP) is 7.98. The van der Waals surface area contributed by atoms with E-state index in [0.717, 1.165) is 30.3 Å². The Kier molecular flexibility index (Phi) is 10.9. The van der Waals surface area contributed by atoms with Crippen LogP contribution in [0.5, 0.6) is 0 Å². The Hall–Kier alpha value is -7.10. The highest BCUT2D eigenvalue weighted by Gasteiger charge is 2.50. The van der Waals surface area contributed by atoms with Crippen LogP contribution in [0.1, 0.15) is 73.0 Å². The van der Waals surface area contributed by atoms with Crippen molar-refractivity contribution in [1.82, 2.24) is 40.4 Å². The Morgan fingerprint density at radius 3 is 2.32 bits per heavy atom. The van der Waals surface area contributed by atoms with E-state index in [1.54, 1.807) is 59.6 Å². The summed E-state index contributed by atoms with van der Waals surface area (Å²) in [6.45, 7) is 2.24. The summed E-state index contributed by atoms with van der Waals surface area (Å²) in [6, 6.07) is 23.4. The molecule has 4 amide bonds. The molecule has 0 unspecified atom stereocenters. The van der Waals surface area contributed by atoms with Crippen molar-refractivity contribution >= 4 is 35.0 Å². The number of aromatic amines is 2. The number of nitrogens with zero attached hydrogens (tertiary/aromatic N) is 4. The number of carbonyl (C=O) groups is 4. The Balaban J connectivity index is 0.935. The molecule has 2 fully saturated rings. The van der Waals surface area contributed by atoms with Crippen molar-refractivity contribution in [2.24, 2.45) is 5.92 Å². The number of alkyl halides is 2. The zero-order chi connectivity index (χ0) is 44.0. The van der Waals surface area contributed by atoms with Crippen LogP contribution in [0.15, 0.2) is 91.1 Å². The molecule has 1 saturated carbocycles. The van der Waals surface area contributed by atoms with Gasteiger partial charge < -0.3 is 39.9 Å². The topological polar surface area (TPSA) is 175 Å². The van der Waals surface area contributed by atoms with Crippen molar-refractivity contribution in [3.8, 4) is 33.5 Å². The van der Waals surface area contributed by atoms with E-state index in [1.807, 2.05) is 42.2 Å². The molecule has 3 heterocycles. The van der Waals surface area contributed by atoms with E-state index in [1.165, 1.54) is 20.3 Å². The minimum absolute atomic E-state index is 0.0672. The van der Waals surface area contributed by atoms with Crippen molar-refractivity contribution in [3.63, 3.8) is 0 Å². The van der Waals surface area contributed by atoms with Crippen LogP contribution >= 0.6 is 0 Å². The van der Waals surface area contributed by atoms with Gasteiger partial charge in [0.1, 0.15) is 24.2 Å². The lowest BCUT2D eigenvalue weighted by atomic mass is 9.98. The van der Waals surface area contributed by atoms with Gasteiger partial charge in [-0.3, -0.25) is 9.59 Å². The van der Waals surface area contributed by atoms with Gasteiger partial charge in [-0.1, -0.05) is 67.6 Å². The zero-order valence-electron chi connectivity index (χ0n) is 34.9. The van der Waals surface area contributed by atoms with E-state index in [9.17, 15) is 19.2 Å². The molecule has 9 rings (SSSR count). The van der Waals surface area contributed by atoms with Gasteiger partial charge in [0, 0.05) is 29.3 Å². The lowest BCUT2D eigenvalue weighted by Crippen LogP contribution is -2.45. The fraction of sp³-hybridized carbons (Fsp3) is 0.319. The molecule has 0 spiro atoms. The number of rotatable bonds is 12. The van der Waals surface area contributed by atoms with Crippen LogP contribution in [-0.2, 0) is 31.5 Å². The average Bonchev–Trinajstić information content (AvgIpc) is 4.16. The van der Waals surface area contributed by atoms with Gasteiger partial charge in [-0.05, 0) is 83.7 Å². The highest BCUT2D eigenvalue weighted by atomic mass is 19.3. The van der Waals surface area contributed by atoms with Crippen LogP contribution in [0, 0.1) is 5.92 Å². The maximum Gasteiger partial charge on any atom is 0.407 e. The van der Waals surface area contributed by atoms with Gasteiger partial charge in [0.05, 0.1) is 49.7 Å². The Labute approximate surface area is 361 Å². The number of piperidine rings is 1. The average molecular weight is 857 g/mol. The van der Waals surface area contributed by atoms with E-state index in [4.69, 9.17) is 9.72 Å². The standard InChI is InChI=1S/C47H46F2N8O6/c1-4-18-56(44(59)41(55-46(61)63-3)26-8-6-5-7-9-26)25-39-50-23-38(52-39)29-12-16-33-32-15-11-27(20-34(32)47(48,49)35(33)21-29)28-13-17-36-37(22-28)54-43(53-36)42-30-10-14-31(19-30)57(42)40(58)24-51-45(60)62-2/h5-9,11-13,15-17,20-23,30-31,41-42H,4,10,14,18-19,24-25H2,1-3H3,(H,50,52)(H,51,60)(H,53,54)(H,55,61)/t30-,31+,41+,42-/m0/s1. The van der Waals surface area contributed by atoms with E-state index in [-0.39, 0.29) is 54.0 Å². The molecule has 14 nitrogen and oxygen atoms in total. The summed E-state index contributed by atoms with van der Waals surface area (Å²) >= 11 is 0. The molecule has 16 heteroatoms. The normalized spacial score (nSPS) is 18.4. The molecule has 1 aliphatic heterocycles. The van der Waals surface area contributed by atoms with Crippen LogP contribution in [-0.4, -0.2) is 87.1 Å². The Morgan fingerprint density at radius 1 is 0.889 bits per heavy atom. The lowest BCUT2D eigenvalue weighted by Gasteiger charge is -2.34. The Bertz CT molecular complexity index is 2740. The van der Waals surface area contributed by atoms with Crippen molar-refractivity contribution in [3.05, 3.63) is 119 Å². The number of nitrogens with one attached hydrogen (secondary N) is 4. The molecule has 63 heavy (non-hydrogen) atoms. The third kappa shape index (κ3) is 7.63. The van der Waals surface area contributed by atoms with E-state index in [2.05, 4.69) is 30.3 Å². The molecule has 324 valence electrons. The second-order valence-electron chi connectivity index (χ2n) is 16.3. The number of amides is 4. The summed E-state index contributed by atoms with van der Waals surface area (Å²) < 4.78 is 42.5. The first-order valence-electron chi connectivity index (χ1n) is 21.0. The summed E-state index contributed by atoms with van der Waals surface area (Å²) in [4.78, 5) is 70.6. The number of carbonyl (C=O) groups excluding carboxylic acids is 4. The quantitative estimate of drug-likeness (QED) is 0.0959. The summed E-state index contributed by atoms with van der Waals surface area (Å²) in [5.41, 5.74) is 5.06. The number of hydrogen-bond donors (Lipinski definition) is 4. The van der Waals surface area contributed by atoms with E-state index >= 15 is 8.78 Å². The number of halogens is 2. The van der Waals surface area contributed by atoms with Gasteiger partial charge >= 0.3 is 12.2 Å². The second kappa shape index (κ2) is 16.6. The Morgan fingerprint density at radius 2 is 1.59 bits per heavy atom. The van der Waals surface area contributed by atoms with Crippen molar-refractivity contribution in [2.45, 2.75) is 63.2 Å². The molecule has 4 aromatic carbocycles. The highest BCUT2D eigenvalue weighted by molar-refractivity contribution is 5.88. The lowest BCUT2D eigenvalue weighted by molar-refractivity contribution is -0.135. The van der Waals surface area contributed by atoms with Gasteiger partial charge in [-0.2, -0.15) is 8.78 Å². The number of fused-ring (bicyclic) bond motifs is 6. The SMILES string of the molecule is CCCN(Cc1ncc(-c2ccc3c(c2)C(F)(F)c2cc(-c4ccc5nc([C@@H]6[C@H]7CC[C@H](C7)N6C(=O)CNC(=O)OC)[nH]c5c4)ccc2-3)[nH]1)C(=O)[C@H](NC(=O)OC)c1ccccc1. The largest absolute Gasteiger partial charge is 0.453 e. The summed E-state index contributed by atoms with van der Waals surface area (Å²) in [5.74, 6) is -2.50. The van der Waals surface area contributed by atoms with Crippen LogP contribution in [0.2, 0.25) is 0 Å². The van der Waals surface area contributed by atoms with Gasteiger partial charge in [0.2, 0.25) is 11.8 Å². The molecule has 2 bridgehead atoms. The third-order valence-electron chi connectivity index (χ3n) is 12.5. The molecule has 2 aliphatic carbocycles. The van der Waals surface area contributed by atoms with E-state index in [0.29, 0.717) is 63.6 Å². The third-order valence-corrected chi connectivity index (χ3v) is 12.5. The van der Waals surface area contributed by atoms with E-state index < -0.39 is 24.2 Å². The number of alkyl carbamates (subject to hydrolysis) is 2.